The Morgan fingerprint density at radius 2 is 1.92 bits per heavy atom. The fourth-order valence-corrected chi connectivity index (χ4v) is 3.84. The number of hydrogen-bond acceptors (Lipinski definition) is 6. The summed E-state index contributed by atoms with van der Waals surface area (Å²) in [6.07, 6.45) is 0.850. The number of phenolic OH excluding ortho intramolecular Hbond substituents is 3. The number of fused-ring (bicyclic) bond motifs is 1. The molecule has 132 valence electrons. The van der Waals surface area contributed by atoms with Crippen LogP contribution in [0.25, 0.3) is 0 Å². The van der Waals surface area contributed by atoms with Crippen molar-refractivity contribution < 1.29 is 29.4 Å². The van der Waals surface area contributed by atoms with Crippen molar-refractivity contribution in [3.63, 3.8) is 0 Å². The van der Waals surface area contributed by atoms with E-state index in [1.54, 1.807) is 13.1 Å². The molecular weight excluding hydrogens is 326 g/mol. The second-order valence-corrected chi connectivity index (χ2v) is 6.72. The van der Waals surface area contributed by atoms with E-state index in [0.29, 0.717) is 24.1 Å². The molecule has 2 aliphatic rings. The first-order valence-corrected chi connectivity index (χ1v) is 8.04. The molecule has 3 N–H and O–H groups in total. The zero-order valence-corrected chi connectivity index (χ0v) is 13.9. The highest BCUT2D eigenvalue weighted by Crippen LogP contribution is 2.55. The number of aromatic hydroxyl groups is 3. The smallest absolute Gasteiger partial charge is 0.206 e. The average molecular weight is 345 g/mol. The van der Waals surface area contributed by atoms with Gasteiger partial charge < -0.3 is 34.6 Å². The number of rotatable bonds is 1. The van der Waals surface area contributed by atoms with Crippen molar-refractivity contribution in [1.29, 1.82) is 0 Å². The van der Waals surface area contributed by atoms with Gasteiger partial charge in [-0.3, -0.25) is 0 Å². The normalized spacial score (nSPS) is 23.9. The molecule has 2 unspecified atom stereocenters. The van der Waals surface area contributed by atoms with Crippen molar-refractivity contribution >= 4 is 0 Å². The third kappa shape index (κ3) is 2.20. The standard InChI is InChI=1S/C18H19NO6/c1-19(23)6-5-9-3-4-12(20)17-14(9)11(19)7-10-8-13(21)18(24-2)15(22)16(10)25-17/h3-4,8,11,20-22H,5-7H2,1-2H3. The summed E-state index contributed by atoms with van der Waals surface area (Å²) in [4.78, 5) is 0. The van der Waals surface area contributed by atoms with Crippen LogP contribution in [0.15, 0.2) is 18.2 Å². The molecule has 0 spiro atoms. The number of nitrogens with zero attached hydrogens (tertiary/aromatic N) is 1. The molecule has 0 bridgehead atoms. The lowest BCUT2D eigenvalue weighted by molar-refractivity contribution is -0.894. The molecule has 0 radical (unpaired) electrons. The van der Waals surface area contributed by atoms with Crippen LogP contribution in [0, 0.1) is 5.21 Å². The van der Waals surface area contributed by atoms with Crippen LogP contribution >= 0.6 is 0 Å². The van der Waals surface area contributed by atoms with Crippen LogP contribution in [-0.4, -0.2) is 40.7 Å². The molecule has 0 saturated carbocycles. The fraction of sp³-hybridized carbons (Fsp3) is 0.333. The Morgan fingerprint density at radius 3 is 2.64 bits per heavy atom. The summed E-state index contributed by atoms with van der Waals surface area (Å²) >= 11 is 0. The molecule has 2 aliphatic heterocycles. The van der Waals surface area contributed by atoms with Crippen molar-refractivity contribution in [2.75, 3.05) is 20.7 Å². The zero-order valence-electron chi connectivity index (χ0n) is 13.9. The first-order valence-electron chi connectivity index (χ1n) is 8.04. The lowest BCUT2D eigenvalue weighted by Gasteiger charge is -2.49. The Balaban J connectivity index is 2.01. The van der Waals surface area contributed by atoms with E-state index < -0.39 is 10.7 Å². The Morgan fingerprint density at radius 1 is 1.16 bits per heavy atom. The molecule has 25 heavy (non-hydrogen) atoms. The van der Waals surface area contributed by atoms with Crippen molar-refractivity contribution in [3.8, 4) is 34.5 Å². The Labute approximate surface area is 144 Å². The maximum absolute atomic E-state index is 13.1. The number of phenols is 3. The maximum atomic E-state index is 13.1. The van der Waals surface area contributed by atoms with E-state index in [1.165, 1.54) is 19.2 Å². The van der Waals surface area contributed by atoms with Gasteiger partial charge in [0.1, 0.15) is 6.04 Å². The molecule has 0 saturated heterocycles. The number of hydrogen-bond donors (Lipinski definition) is 3. The minimum absolute atomic E-state index is 0.0905. The summed E-state index contributed by atoms with van der Waals surface area (Å²) in [6.45, 7) is 0.408. The summed E-state index contributed by atoms with van der Waals surface area (Å²) in [5.41, 5.74) is 2.11. The van der Waals surface area contributed by atoms with Crippen LogP contribution in [0.1, 0.15) is 22.7 Å². The summed E-state index contributed by atoms with van der Waals surface area (Å²) < 4.78 is 10.4. The van der Waals surface area contributed by atoms with Crippen LogP contribution < -0.4 is 9.47 Å². The predicted octanol–water partition coefficient (Wildman–Crippen LogP) is 2.70. The number of likely N-dealkylation sites (N-methyl/N-ethyl adjacent to an activating group) is 1. The van der Waals surface area contributed by atoms with E-state index in [4.69, 9.17) is 9.47 Å². The highest BCUT2D eigenvalue weighted by atomic mass is 16.5. The molecule has 0 aliphatic carbocycles. The highest BCUT2D eigenvalue weighted by Gasteiger charge is 2.41. The van der Waals surface area contributed by atoms with Gasteiger partial charge in [-0.1, -0.05) is 6.07 Å². The molecule has 7 nitrogen and oxygen atoms in total. The van der Waals surface area contributed by atoms with Gasteiger partial charge in [0.25, 0.3) is 0 Å². The summed E-state index contributed by atoms with van der Waals surface area (Å²) in [7, 11) is 2.92. The number of quaternary nitrogens is 1. The third-order valence-corrected chi connectivity index (χ3v) is 5.17. The number of ether oxygens (including phenoxy) is 2. The Hall–Kier alpha value is -2.64. The molecule has 2 aromatic carbocycles. The average Bonchev–Trinajstić information content (AvgIpc) is 2.73. The van der Waals surface area contributed by atoms with Crippen LogP contribution in [0.2, 0.25) is 0 Å². The van der Waals surface area contributed by atoms with Gasteiger partial charge in [-0.25, -0.2) is 0 Å². The molecule has 2 aromatic rings. The van der Waals surface area contributed by atoms with E-state index in [2.05, 4.69) is 0 Å². The van der Waals surface area contributed by atoms with E-state index in [9.17, 15) is 20.5 Å². The largest absolute Gasteiger partial charge is 0.633 e. The summed E-state index contributed by atoms with van der Waals surface area (Å²) in [6, 6.07) is 4.27. The van der Waals surface area contributed by atoms with Crippen LogP contribution in [0.3, 0.4) is 0 Å². The number of benzene rings is 2. The maximum Gasteiger partial charge on any atom is 0.206 e. The minimum atomic E-state index is -0.514. The van der Waals surface area contributed by atoms with Crippen molar-refractivity contribution in [2.45, 2.75) is 18.9 Å². The number of hydroxylamine groups is 3. The predicted molar refractivity (Wildman–Crippen MR) is 89.1 cm³/mol. The second-order valence-electron chi connectivity index (χ2n) is 6.72. The van der Waals surface area contributed by atoms with Gasteiger partial charge in [0.15, 0.2) is 23.0 Å². The van der Waals surface area contributed by atoms with Gasteiger partial charge in [-0.15, -0.1) is 0 Å². The zero-order chi connectivity index (χ0) is 17.9. The molecule has 4 rings (SSSR count). The highest BCUT2D eigenvalue weighted by molar-refractivity contribution is 5.65. The molecule has 7 heteroatoms. The van der Waals surface area contributed by atoms with Gasteiger partial charge in [-0.2, -0.15) is 0 Å². The van der Waals surface area contributed by atoms with E-state index >= 15 is 0 Å². The molecule has 0 aromatic heterocycles. The van der Waals surface area contributed by atoms with Gasteiger partial charge in [-0.05, 0) is 17.7 Å². The molecular formula is C18H19NO6. The van der Waals surface area contributed by atoms with Crippen molar-refractivity contribution in [1.82, 2.24) is 0 Å². The first-order chi connectivity index (χ1) is 11.8. The van der Waals surface area contributed by atoms with Crippen molar-refractivity contribution in [3.05, 3.63) is 40.1 Å². The number of methoxy groups -OCH3 is 1. The van der Waals surface area contributed by atoms with Gasteiger partial charge in [0.05, 0.1) is 26.3 Å². The molecule has 2 atom stereocenters. The second kappa shape index (κ2) is 5.18. The SMILES string of the molecule is COc1c(O)cc2c(c1O)Oc1c(O)ccc3c1C(C2)[N+](C)([O-])CC3. The lowest BCUT2D eigenvalue weighted by atomic mass is 9.88. The van der Waals surface area contributed by atoms with Crippen molar-refractivity contribution in [2.24, 2.45) is 0 Å². The minimum Gasteiger partial charge on any atom is -0.633 e. The van der Waals surface area contributed by atoms with Crippen LogP contribution in [0.5, 0.6) is 34.5 Å². The summed E-state index contributed by atoms with van der Waals surface area (Å²) in [5, 5.41) is 43.9. The monoisotopic (exact) mass is 345 g/mol. The quantitative estimate of drug-likeness (QED) is 0.542. The molecule has 0 amide bonds. The Kier molecular flexibility index (Phi) is 3.28. The van der Waals surface area contributed by atoms with E-state index in [0.717, 1.165) is 5.56 Å². The first kappa shape index (κ1) is 15.9. The molecule has 0 fully saturated rings. The van der Waals surface area contributed by atoms with Crippen LogP contribution in [-0.2, 0) is 12.8 Å². The van der Waals surface area contributed by atoms with Crippen LogP contribution in [0.4, 0.5) is 0 Å². The van der Waals surface area contributed by atoms with Gasteiger partial charge in [0.2, 0.25) is 11.5 Å². The van der Waals surface area contributed by atoms with Gasteiger partial charge in [0, 0.05) is 18.4 Å². The Bertz CT molecular complexity index is 877. The summed E-state index contributed by atoms with van der Waals surface area (Å²) in [5.74, 6) is -0.507. The fourth-order valence-electron chi connectivity index (χ4n) is 3.84. The lowest BCUT2D eigenvalue weighted by Crippen LogP contribution is -2.47. The molecule has 2 heterocycles. The third-order valence-electron chi connectivity index (χ3n) is 5.17. The van der Waals surface area contributed by atoms with Gasteiger partial charge >= 0.3 is 0 Å². The topological polar surface area (TPSA) is 102 Å². The van der Waals surface area contributed by atoms with E-state index in [-0.39, 0.29) is 40.9 Å². The van der Waals surface area contributed by atoms with E-state index in [1.807, 2.05) is 0 Å².